The topological polar surface area (TPSA) is 100 Å². The van der Waals surface area contributed by atoms with Crippen LogP contribution in [0.25, 0.3) is 11.1 Å². The molecule has 2 aliphatic rings. The summed E-state index contributed by atoms with van der Waals surface area (Å²) in [6, 6.07) is 15.1. The van der Waals surface area contributed by atoms with Gasteiger partial charge in [0.1, 0.15) is 17.9 Å². The highest BCUT2D eigenvalue weighted by molar-refractivity contribution is 5.86. The molecule has 0 aliphatic carbocycles. The van der Waals surface area contributed by atoms with E-state index in [4.69, 9.17) is 9.47 Å². The van der Waals surface area contributed by atoms with Gasteiger partial charge in [0, 0.05) is 25.1 Å². The predicted molar refractivity (Wildman–Crippen MR) is 114 cm³/mol. The smallest absolute Gasteiger partial charge is 0.318 e. The van der Waals surface area contributed by atoms with Crippen molar-refractivity contribution in [3.8, 4) is 22.9 Å². The molecule has 7 heteroatoms. The molecule has 2 aromatic carbocycles. The van der Waals surface area contributed by atoms with Crippen molar-refractivity contribution < 1.29 is 19.1 Å². The van der Waals surface area contributed by atoms with Gasteiger partial charge in [0.15, 0.2) is 0 Å². The van der Waals surface area contributed by atoms with Gasteiger partial charge < -0.3 is 20.1 Å². The van der Waals surface area contributed by atoms with Crippen LogP contribution in [-0.4, -0.2) is 43.7 Å². The van der Waals surface area contributed by atoms with E-state index < -0.39 is 12.1 Å². The second-order valence-corrected chi connectivity index (χ2v) is 7.90. The number of fused-ring (bicyclic) bond motifs is 1. The van der Waals surface area contributed by atoms with Crippen molar-refractivity contribution in [2.75, 3.05) is 19.7 Å². The summed E-state index contributed by atoms with van der Waals surface area (Å²) in [6.45, 7) is 3.65. The first-order chi connectivity index (χ1) is 15.0. The Labute approximate surface area is 181 Å². The first-order valence-corrected chi connectivity index (χ1v) is 10.5. The van der Waals surface area contributed by atoms with Gasteiger partial charge in [-0.3, -0.25) is 9.59 Å². The van der Waals surface area contributed by atoms with E-state index in [0.717, 1.165) is 35.2 Å². The maximum absolute atomic E-state index is 12.4. The van der Waals surface area contributed by atoms with E-state index in [9.17, 15) is 14.9 Å². The third-order valence-electron chi connectivity index (χ3n) is 5.68. The molecule has 1 amide bonds. The maximum atomic E-state index is 12.4. The van der Waals surface area contributed by atoms with Crippen LogP contribution in [0.4, 0.5) is 0 Å². The second kappa shape index (κ2) is 9.29. The largest absolute Gasteiger partial charge is 0.426 e. The van der Waals surface area contributed by atoms with Crippen molar-refractivity contribution >= 4 is 11.9 Å². The molecular formula is C24H25N3O4. The van der Waals surface area contributed by atoms with Crippen LogP contribution < -0.4 is 15.4 Å². The van der Waals surface area contributed by atoms with Crippen molar-refractivity contribution in [1.82, 2.24) is 10.6 Å². The van der Waals surface area contributed by atoms with Gasteiger partial charge in [-0.2, -0.15) is 5.26 Å². The fraction of sp³-hybridized carbons (Fsp3) is 0.375. The summed E-state index contributed by atoms with van der Waals surface area (Å²) < 4.78 is 10.8. The number of hydrogen-bond acceptors (Lipinski definition) is 6. The van der Waals surface area contributed by atoms with E-state index in [2.05, 4.69) is 16.7 Å². The molecule has 3 atom stereocenters. The molecule has 1 fully saturated rings. The lowest BCUT2D eigenvalue weighted by Gasteiger charge is -2.18. The van der Waals surface area contributed by atoms with Crippen LogP contribution >= 0.6 is 0 Å². The van der Waals surface area contributed by atoms with Crippen molar-refractivity contribution in [2.24, 2.45) is 0 Å². The van der Waals surface area contributed by atoms with Crippen molar-refractivity contribution in [3.63, 3.8) is 0 Å². The molecule has 0 aromatic heterocycles. The summed E-state index contributed by atoms with van der Waals surface area (Å²) in [5.41, 5.74) is 3.85. The van der Waals surface area contributed by atoms with Gasteiger partial charge in [-0.15, -0.1) is 0 Å². The predicted octanol–water partition coefficient (Wildman–Crippen LogP) is 2.31. The average molecular weight is 419 g/mol. The molecule has 2 aliphatic heterocycles. The fourth-order valence-corrected chi connectivity index (χ4v) is 3.83. The number of hydrogen-bond donors (Lipinski definition) is 2. The maximum Gasteiger partial charge on any atom is 0.318 e. The number of benzene rings is 2. The number of amides is 1. The van der Waals surface area contributed by atoms with Crippen molar-refractivity contribution in [3.05, 3.63) is 53.6 Å². The minimum absolute atomic E-state index is 0.225. The lowest BCUT2D eigenvalue weighted by atomic mass is 9.96. The molecule has 0 radical (unpaired) electrons. The summed E-state index contributed by atoms with van der Waals surface area (Å²) in [5, 5.41) is 15.4. The zero-order chi connectivity index (χ0) is 21.8. The van der Waals surface area contributed by atoms with Crippen LogP contribution in [0, 0.1) is 11.3 Å². The van der Waals surface area contributed by atoms with Gasteiger partial charge in [-0.1, -0.05) is 30.3 Å². The Balaban J connectivity index is 1.40. The highest BCUT2D eigenvalue weighted by Crippen LogP contribution is 2.37. The molecule has 4 rings (SSSR count). The summed E-state index contributed by atoms with van der Waals surface area (Å²) in [6.07, 6.45) is 0.704. The van der Waals surface area contributed by atoms with Gasteiger partial charge in [0.05, 0.1) is 12.0 Å². The summed E-state index contributed by atoms with van der Waals surface area (Å²) >= 11 is 0. The Morgan fingerprint density at radius 2 is 2.03 bits per heavy atom. The summed E-state index contributed by atoms with van der Waals surface area (Å²) in [7, 11) is 0. The highest BCUT2D eigenvalue weighted by Gasteiger charge is 2.29. The van der Waals surface area contributed by atoms with E-state index >= 15 is 0 Å². The number of nitrogens with one attached hydrogen (secondary N) is 2. The zero-order valence-electron chi connectivity index (χ0n) is 17.4. The van der Waals surface area contributed by atoms with E-state index in [0.29, 0.717) is 25.3 Å². The molecule has 2 heterocycles. The Morgan fingerprint density at radius 1 is 1.26 bits per heavy atom. The number of nitriles is 1. The number of carbonyl (C=O) groups is 2. The van der Waals surface area contributed by atoms with Crippen LogP contribution in [0.5, 0.6) is 5.75 Å². The van der Waals surface area contributed by atoms with Gasteiger partial charge >= 0.3 is 5.97 Å². The van der Waals surface area contributed by atoms with Crippen molar-refractivity contribution in [2.45, 2.75) is 37.8 Å². The monoisotopic (exact) mass is 419 g/mol. The quantitative estimate of drug-likeness (QED) is 0.570. The Morgan fingerprint density at radius 3 is 2.81 bits per heavy atom. The lowest BCUT2D eigenvalue weighted by Crippen LogP contribution is -2.46. The Bertz CT molecular complexity index is 1000. The first-order valence-electron chi connectivity index (χ1n) is 10.5. The molecular weight excluding hydrogens is 394 g/mol. The number of ether oxygens (including phenoxy) is 2. The number of carbonyl (C=O) groups excluding carboxylic acids is 2. The minimum Gasteiger partial charge on any atom is -0.426 e. The number of nitrogens with zero attached hydrogens (tertiary/aromatic N) is 1. The lowest BCUT2D eigenvalue weighted by molar-refractivity contribution is -0.134. The molecule has 2 aromatic rings. The van der Waals surface area contributed by atoms with Crippen molar-refractivity contribution in [1.29, 1.82) is 5.26 Å². The minimum atomic E-state index is -0.630. The van der Waals surface area contributed by atoms with E-state index in [-0.39, 0.29) is 17.8 Å². The zero-order valence-corrected chi connectivity index (χ0v) is 17.4. The average Bonchev–Trinajstić information content (AvgIpc) is 2.96. The van der Waals surface area contributed by atoms with Crippen LogP contribution in [0.2, 0.25) is 0 Å². The molecule has 7 nitrogen and oxygen atoms in total. The van der Waals surface area contributed by atoms with Crippen LogP contribution in [-0.2, 0) is 20.7 Å². The number of rotatable bonds is 5. The normalized spacial score (nSPS) is 21.4. The van der Waals surface area contributed by atoms with Gasteiger partial charge in [0.2, 0.25) is 0 Å². The highest BCUT2D eigenvalue weighted by atomic mass is 16.5. The first kappa shape index (κ1) is 21.0. The molecule has 1 saturated heterocycles. The van der Waals surface area contributed by atoms with E-state index in [1.165, 1.54) is 0 Å². The molecule has 1 unspecified atom stereocenters. The van der Waals surface area contributed by atoms with E-state index in [1.807, 2.05) is 49.4 Å². The van der Waals surface area contributed by atoms with Gasteiger partial charge in [-0.25, -0.2) is 0 Å². The van der Waals surface area contributed by atoms with Crippen LogP contribution in [0.1, 0.15) is 30.4 Å². The third kappa shape index (κ3) is 4.76. The number of esters is 1. The van der Waals surface area contributed by atoms with E-state index in [1.54, 1.807) is 0 Å². The molecule has 31 heavy (non-hydrogen) atoms. The Kier molecular flexibility index (Phi) is 6.31. The van der Waals surface area contributed by atoms with Crippen LogP contribution in [0.3, 0.4) is 0 Å². The molecule has 2 N–H and O–H groups in total. The summed E-state index contributed by atoms with van der Waals surface area (Å²) in [5.74, 6) is -0.126. The van der Waals surface area contributed by atoms with Gasteiger partial charge in [-0.05, 0) is 48.7 Å². The Hall–Kier alpha value is -3.21. The molecule has 0 saturated carbocycles. The second-order valence-electron chi connectivity index (χ2n) is 7.90. The fourth-order valence-electron chi connectivity index (χ4n) is 3.83. The standard InChI is InChI=1S/C24H25N3O4/c1-15-20-12-18(7-8-21(20)31-24(15)29)17-5-3-16(4-6-17)11-19(13-25)27-23(28)22-14-26-9-2-10-30-22/h3-8,12,15,19,22,26H,2,9-11,14H2,1H3,(H,27,28)/t15?,19-,22-/m0/s1. The molecule has 160 valence electrons. The van der Waals surface area contributed by atoms with Gasteiger partial charge in [0.25, 0.3) is 5.91 Å². The molecule has 0 spiro atoms. The third-order valence-corrected chi connectivity index (χ3v) is 5.68. The summed E-state index contributed by atoms with van der Waals surface area (Å²) in [4.78, 5) is 24.2. The SMILES string of the molecule is CC1C(=O)Oc2ccc(-c3ccc(C[C@@H](C#N)NC(=O)[C@@H]4CNCCCO4)cc3)cc21. The van der Waals surface area contributed by atoms with Crippen LogP contribution in [0.15, 0.2) is 42.5 Å². The molecule has 0 bridgehead atoms.